The quantitative estimate of drug-likeness (QED) is 0.648. The van der Waals surface area contributed by atoms with E-state index in [1.807, 2.05) is 0 Å². The molecule has 2 unspecified atom stereocenters. The zero-order chi connectivity index (χ0) is 9.42. The highest BCUT2D eigenvalue weighted by atomic mass is 16.5. The normalized spacial score (nSPS) is 47.3. The Morgan fingerprint density at radius 1 is 1.15 bits per heavy atom. The first-order valence-electron chi connectivity index (χ1n) is 5.30. The average molecular weight is 184 g/mol. The predicted molar refractivity (Wildman–Crippen MR) is 52.6 cm³/mol. The molecule has 3 nitrogen and oxygen atoms in total. The molecule has 1 heterocycles. The van der Waals surface area contributed by atoms with Gasteiger partial charge in [0.15, 0.2) is 0 Å². The van der Waals surface area contributed by atoms with Gasteiger partial charge in [0.05, 0.1) is 12.2 Å². The molecule has 2 N–H and O–H groups in total. The molecule has 0 aromatic rings. The third kappa shape index (κ3) is 2.03. The van der Waals surface area contributed by atoms with E-state index in [1.165, 1.54) is 12.8 Å². The van der Waals surface area contributed by atoms with Crippen molar-refractivity contribution in [1.29, 1.82) is 0 Å². The first kappa shape index (κ1) is 9.44. The molecule has 13 heavy (non-hydrogen) atoms. The Bertz CT molecular complexity index is 170. The van der Waals surface area contributed by atoms with Crippen LogP contribution in [-0.4, -0.2) is 42.3 Å². The van der Waals surface area contributed by atoms with E-state index in [-0.39, 0.29) is 0 Å². The molecule has 0 radical (unpaired) electrons. The van der Waals surface area contributed by atoms with Gasteiger partial charge in [-0.2, -0.15) is 0 Å². The SMILES string of the molecule is CC1CN(C2CC(N)C2)CC(C)O1. The fourth-order valence-corrected chi connectivity index (χ4v) is 2.44. The Hall–Kier alpha value is -0.120. The lowest BCUT2D eigenvalue weighted by Crippen LogP contribution is -2.57. The van der Waals surface area contributed by atoms with Crippen molar-refractivity contribution in [1.82, 2.24) is 4.90 Å². The third-order valence-corrected chi connectivity index (χ3v) is 3.11. The summed E-state index contributed by atoms with van der Waals surface area (Å²) in [5.74, 6) is 0. The molecule has 3 heteroatoms. The number of hydrogen-bond acceptors (Lipinski definition) is 3. The van der Waals surface area contributed by atoms with Crippen LogP contribution in [0.4, 0.5) is 0 Å². The maximum atomic E-state index is 5.79. The largest absolute Gasteiger partial charge is 0.373 e. The Morgan fingerprint density at radius 3 is 2.15 bits per heavy atom. The fourth-order valence-electron chi connectivity index (χ4n) is 2.44. The third-order valence-electron chi connectivity index (χ3n) is 3.11. The van der Waals surface area contributed by atoms with Crippen molar-refractivity contribution in [3.05, 3.63) is 0 Å². The topological polar surface area (TPSA) is 38.5 Å². The van der Waals surface area contributed by atoms with Crippen molar-refractivity contribution in [2.24, 2.45) is 5.73 Å². The van der Waals surface area contributed by atoms with Crippen LogP contribution < -0.4 is 5.73 Å². The summed E-state index contributed by atoms with van der Waals surface area (Å²) >= 11 is 0. The number of ether oxygens (including phenoxy) is 1. The zero-order valence-electron chi connectivity index (χ0n) is 8.57. The van der Waals surface area contributed by atoms with Crippen LogP contribution in [0, 0.1) is 0 Å². The van der Waals surface area contributed by atoms with Crippen LogP contribution in [0.3, 0.4) is 0 Å². The van der Waals surface area contributed by atoms with Gasteiger partial charge in [-0.05, 0) is 26.7 Å². The molecule has 0 aromatic carbocycles. The van der Waals surface area contributed by atoms with Gasteiger partial charge in [-0.25, -0.2) is 0 Å². The molecular weight excluding hydrogens is 164 g/mol. The van der Waals surface area contributed by atoms with E-state index in [0.29, 0.717) is 18.2 Å². The van der Waals surface area contributed by atoms with Gasteiger partial charge in [0.2, 0.25) is 0 Å². The van der Waals surface area contributed by atoms with E-state index in [2.05, 4.69) is 18.7 Å². The summed E-state index contributed by atoms with van der Waals surface area (Å²) in [5.41, 5.74) is 5.79. The summed E-state index contributed by atoms with van der Waals surface area (Å²) in [5, 5.41) is 0. The maximum Gasteiger partial charge on any atom is 0.0678 e. The summed E-state index contributed by atoms with van der Waals surface area (Å²) in [4.78, 5) is 2.54. The van der Waals surface area contributed by atoms with Crippen molar-refractivity contribution >= 4 is 0 Å². The second-order valence-corrected chi connectivity index (χ2v) is 4.60. The van der Waals surface area contributed by atoms with Gasteiger partial charge in [0, 0.05) is 25.2 Å². The molecule has 0 aromatic heterocycles. The molecule has 2 fully saturated rings. The van der Waals surface area contributed by atoms with Crippen LogP contribution >= 0.6 is 0 Å². The van der Waals surface area contributed by atoms with E-state index in [1.54, 1.807) is 0 Å². The molecular formula is C10H20N2O. The summed E-state index contributed by atoms with van der Waals surface area (Å²) in [6.45, 7) is 6.48. The van der Waals surface area contributed by atoms with E-state index in [0.717, 1.165) is 19.1 Å². The van der Waals surface area contributed by atoms with Crippen molar-refractivity contribution in [2.45, 2.75) is 51.0 Å². The number of nitrogens with two attached hydrogens (primary N) is 1. The van der Waals surface area contributed by atoms with Crippen molar-refractivity contribution < 1.29 is 4.74 Å². The predicted octanol–water partition coefficient (Wildman–Crippen LogP) is 0.585. The standard InChI is InChI=1S/C10H20N2O/c1-7-5-12(6-8(2)13-7)10-3-9(11)4-10/h7-10H,3-6,11H2,1-2H3. The fraction of sp³-hybridized carbons (Fsp3) is 1.00. The van der Waals surface area contributed by atoms with Crippen LogP contribution in [-0.2, 0) is 4.74 Å². The smallest absolute Gasteiger partial charge is 0.0678 e. The first-order valence-corrected chi connectivity index (χ1v) is 5.30. The Kier molecular flexibility index (Phi) is 2.58. The average Bonchev–Trinajstić information content (AvgIpc) is 1.96. The van der Waals surface area contributed by atoms with E-state index in [9.17, 15) is 0 Å². The number of hydrogen-bond donors (Lipinski definition) is 1. The molecule has 1 aliphatic carbocycles. The Labute approximate surface area is 80.2 Å². The van der Waals surface area contributed by atoms with Gasteiger partial charge < -0.3 is 10.5 Å². The minimum absolute atomic E-state index is 0.389. The minimum atomic E-state index is 0.389. The van der Waals surface area contributed by atoms with Crippen LogP contribution in [0.25, 0.3) is 0 Å². The highest BCUT2D eigenvalue weighted by Crippen LogP contribution is 2.26. The van der Waals surface area contributed by atoms with Crippen molar-refractivity contribution in [3.8, 4) is 0 Å². The highest BCUT2D eigenvalue weighted by Gasteiger charge is 2.34. The minimum Gasteiger partial charge on any atom is -0.373 e. The second-order valence-electron chi connectivity index (χ2n) is 4.60. The van der Waals surface area contributed by atoms with E-state index in [4.69, 9.17) is 10.5 Å². The summed E-state index contributed by atoms with van der Waals surface area (Å²) in [7, 11) is 0. The lowest BCUT2D eigenvalue weighted by molar-refractivity contribution is -0.0913. The van der Waals surface area contributed by atoms with Gasteiger partial charge in [0.1, 0.15) is 0 Å². The highest BCUT2D eigenvalue weighted by molar-refractivity contribution is 4.91. The van der Waals surface area contributed by atoms with Gasteiger partial charge >= 0.3 is 0 Å². The molecule has 76 valence electrons. The second kappa shape index (κ2) is 3.56. The maximum absolute atomic E-state index is 5.79. The van der Waals surface area contributed by atoms with Crippen LogP contribution in [0.5, 0.6) is 0 Å². The number of rotatable bonds is 1. The van der Waals surface area contributed by atoms with E-state index >= 15 is 0 Å². The summed E-state index contributed by atoms with van der Waals surface area (Å²) < 4.78 is 5.69. The summed E-state index contributed by atoms with van der Waals surface area (Å²) in [6.07, 6.45) is 3.14. The first-order chi connectivity index (χ1) is 6.15. The molecule has 2 atom stereocenters. The summed E-state index contributed by atoms with van der Waals surface area (Å²) in [6, 6.07) is 1.20. The van der Waals surface area contributed by atoms with Crippen LogP contribution in [0.1, 0.15) is 26.7 Å². The zero-order valence-corrected chi connectivity index (χ0v) is 8.57. The lowest BCUT2D eigenvalue weighted by Gasteiger charge is -2.46. The van der Waals surface area contributed by atoms with Crippen LogP contribution in [0.2, 0.25) is 0 Å². The number of nitrogens with zero attached hydrogens (tertiary/aromatic N) is 1. The molecule has 2 rings (SSSR count). The molecule has 1 saturated carbocycles. The lowest BCUT2D eigenvalue weighted by atomic mass is 9.85. The van der Waals surface area contributed by atoms with E-state index < -0.39 is 0 Å². The Morgan fingerprint density at radius 2 is 1.69 bits per heavy atom. The Balaban J connectivity index is 1.85. The molecule has 0 spiro atoms. The monoisotopic (exact) mass is 184 g/mol. The van der Waals surface area contributed by atoms with Gasteiger partial charge in [-0.15, -0.1) is 0 Å². The van der Waals surface area contributed by atoms with Crippen LogP contribution in [0.15, 0.2) is 0 Å². The van der Waals surface area contributed by atoms with Gasteiger partial charge in [-0.1, -0.05) is 0 Å². The molecule has 1 aliphatic heterocycles. The number of morpholine rings is 1. The molecule has 0 bridgehead atoms. The molecule has 0 amide bonds. The van der Waals surface area contributed by atoms with Crippen molar-refractivity contribution in [2.75, 3.05) is 13.1 Å². The van der Waals surface area contributed by atoms with Gasteiger partial charge in [-0.3, -0.25) is 4.90 Å². The molecule has 2 aliphatic rings. The van der Waals surface area contributed by atoms with Gasteiger partial charge in [0.25, 0.3) is 0 Å². The molecule has 1 saturated heterocycles. The van der Waals surface area contributed by atoms with Crippen molar-refractivity contribution in [3.63, 3.8) is 0 Å².